The molecule has 0 aliphatic carbocycles. The highest BCUT2D eigenvalue weighted by Gasteiger charge is 2.44. The molecule has 0 saturated carbocycles. The highest BCUT2D eigenvalue weighted by molar-refractivity contribution is 5.28. The second kappa shape index (κ2) is 6.06. The summed E-state index contributed by atoms with van der Waals surface area (Å²) >= 11 is 0. The van der Waals surface area contributed by atoms with Gasteiger partial charge in [0, 0.05) is 13.2 Å². The van der Waals surface area contributed by atoms with Crippen LogP contribution in [0.3, 0.4) is 0 Å². The highest BCUT2D eigenvalue weighted by atomic mass is 19.4. The molecule has 6 heteroatoms. The predicted molar refractivity (Wildman–Crippen MR) is 61.3 cm³/mol. The average Bonchev–Trinajstić information content (AvgIpc) is 2.25. The van der Waals surface area contributed by atoms with Gasteiger partial charge in [0.15, 0.2) is 0 Å². The zero-order chi connectivity index (χ0) is 13.8. The summed E-state index contributed by atoms with van der Waals surface area (Å²) in [5.41, 5.74) is 6.03. The van der Waals surface area contributed by atoms with Gasteiger partial charge in [-0.15, -0.1) is 0 Å². The molecule has 0 heterocycles. The molecule has 0 aliphatic rings. The van der Waals surface area contributed by atoms with Crippen LogP contribution in [0.5, 0.6) is 5.75 Å². The third-order valence-electron chi connectivity index (χ3n) is 2.27. The van der Waals surface area contributed by atoms with Crippen LogP contribution in [0.4, 0.5) is 13.2 Å². The monoisotopic (exact) mass is 263 g/mol. The molecule has 0 aromatic heterocycles. The van der Waals surface area contributed by atoms with E-state index >= 15 is 0 Å². The summed E-state index contributed by atoms with van der Waals surface area (Å²) in [6.07, 6.45) is -6.51. The number of hydrogen-bond donors (Lipinski definition) is 1. The zero-order valence-electron chi connectivity index (χ0n) is 10.2. The van der Waals surface area contributed by atoms with Gasteiger partial charge in [0.2, 0.25) is 6.10 Å². The fourth-order valence-corrected chi connectivity index (χ4v) is 1.49. The first-order valence-electron chi connectivity index (χ1n) is 5.41. The molecular formula is C12H16F3NO2. The van der Waals surface area contributed by atoms with Crippen LogP contribution in [0.25, 0.3) is 0 Å². The van der Waals surface area contributed by atoms with E-state index in [0.717, 1.165) is 5.56 Å². The summed E-state index contributed by atoms with van der Waals surface area (Å²) < 4.78 is 47.8. The summed E-state index contributed by atoms with van der Waals surface area (Å²) in [6.45, 7) is 1.57. The van der Waals surface area contributed by atoms with Crippen LogP contribution in [0.1, 0.15) is 12.5 Å². The van der Waals surface area contributed by atoms with E-state index in [1.807, 2.05) is 0 Å². The highest BCUT2D eigenvalue weighted by Crippen LogP contribution is 2.27. The largest absolute Gasteiger partial charge is 0.479 e. The number of methoxy groups -OCH3 is 1. The van der Waals surface area contributed by atoms with Gasteiger partial charge in [0.25, 0.3) is 0 Å². The maximum atomic E-state index is 12.7. The van der Waals surface area contributed by atoms with Crippen LogP contribution in [0.15, 0.2) is 24.3 Å². The van der Waals surface area contributed by atoms with E-state index in [9.17, 15) is 13.2 Å². The molecule has 3 nitrogen and oxygen atoms in total. The van der Waals surface area contributed by atoms with Gasteiger partial charge in [0.1, 0.15) is 5.75 Å². The minimum atomic E-state index is -4.49. The Morgan fingerprint density at radius 2 is 2.00 bits per heavy atom. The molecule has 0 amide bonds. The van der Waals surface area contributed by atoms with Gasteiger partial charge >= 0.3 is 6.18 Å². The van der Waals surface area contributed by atoms with Crippen molar-refractivity contribution in [1.82, 2.24) is 0 Å². The molecule has 0 aliphatic heterocycles. The third-order valence-corrected chi connectivity index (χ3v) is 2.27. The smallest absolute Gasteiger partial charge is 0.426 e. The summed E-state index contributed by atoms with van der Waals surface area (Å²) in [4.78, 5) is 0. The van der Waals surface area contributed by atoms with Gasteiger partial charge in [0.05, 0.1) is 6.61 Å². The molecule has 102 valence electrons. The molecule has 2 atom stereocenters. The SMILES string of the molecule is COCc1cccc(OC(C(C)N)C(F)(F)F)c1. The maximum absolute atomic E-state index is 12.7. The molecule has 1 aromatic rings. The Hall–Kier alpha value is -1.27. The molecule has 0 saturated heterocycles. The van der Waals surface area contributed by atoms with E-state index < -0.39 is 18.3 Å². The van der Waals surface area contributed by atoms with E-state index in [1.54, 1.807) is 12.1 Å². The average molecular weight is 263 g/mol. The van der Waals surface area contributed by atoms with Crippen LogP contribution in [-0.2, 0) is 11.3 Å². The van der Waals surface area contributed by atoms with E-state index in [-0.39, 0.29) is 5.75 Å². The predicted octanol–water partition coefficient (Wildman–Crippen LogP) is 2.49. The Morgan fingerprint density at radius 3 is 2.50 bits per heavy atom. The van der Waals surface area contributed by atoms with Crippen molar-refractivity contribution < 1.29 is 22.6 Å². The molecule has 2 N–H and O–H groups in total. The van der Waals surface area contributed by atoms with Gasteiger partial charge in [-0.2, -0.15) is 13.2 Å². The first kappa shape index (κ1) is 14.8. The second-order valence-corrected chi connectivity index (χ2v) is 4.02. The Labute approximate surface area is 104 Å². The summed E-state index contributed by atoms with van der Waals surface area (Å²) in [7, 11) is 1.51. The fourth-order valence-electron chi connectivity index (χ4n) is 1.49. The van der Waals surface area contributed by atoms with E-state index in [0.29, 0.717) is 6.61 Å². The number of hydrogen-bond acceptors (Lipinski definition) is 3. The quantitative estimate of drug-likeness (QED) is 0.887. The van der Waals surface area contributed by atoms with Crippen molar-refractivity contribution >= 4 is 0 Å². The van der Waals surface area contributed by atoms with Crippen LogP contribution < -0.4 is 10.5 Å². The second-order valence-electron chi connectivity index (χ2n) is 4.02. The van der Waals surface area contributed by atoms with E-state index in [4.69, 9.17) is 15.2 Å². The number of nitrogens with two attached hydrogens (primary N) is 1. The molecule has 0 spiro atoms. The first-order chi connectivity index (χ1) is 8.34. The van der Waals surface area contributed by atoms with Crippen molar-refractivity contribution in [3.05, 3.63) is 29.8 Å². The number of alkyl halides is 3. The van der Waals surface area contributed by atoms with Crippen molar-refractivity contribution in [1.29, 1.82) is 0 Å². The van der Waals surface area contributed by atoms with E-state index in [1.165, 1.54) is 26.2 Å². The maximum Gasteiger partial charge on any atom is 0.426 e. The molecule has 2 unspecified atom stereocenters. The van der Waals surface area contributed by atoms with Crippen LogP contribution in [0.2, 0.25) is 0 Å². The molecule has 0 radical (unpaired) electrons. The van der Waals surface area contributed by atoms with Crippen LogP contribution in [0, 0.1) is 0 Å². The standard InChI is InChI=1S/C12H16F3NO2/c1-8(16)11(12(13,14)15)18-10-5-3-4-9(6-10)7-17-2/h3-6,8,11H,7,16H2,1-2H3. The van der Waals surface area contributed by atoms with Gasteiger partial charge < -0.3 is 15.2 Å². The number of ether oxygens (including phenoxy) is 2. The normalized spacial score (nSPS) is 15.2. The summed E-state index contributed by atoms with van der Waals surface area (Å²) in [5, 5.41) is 0. The Bertz CT molecular complexity index is 380. The molecular weight excluding hydrogens is 247 g/mol. The minimum absolute atomic E-state index is 0.129. The Balaban J connectivity index is 2.84. The van der Waals surface area contributed by atoms with Gasteiger partial charge in [-0.25, -0.2) is 0 Å². The number of halogens is 3. The molecule has 1 rings (SSSR count). The van der Waals surface area contributed by atoms with Crippen molar-refractivity contribution in [3.8, 4) is 5.75 Å². The third kappa shape index (κ3) is 4.19. The Morgan fingerprint density at radius 1 is 1.33 bits per heavy atom. The first-order valence-corrected chi connectivity index (χ1v) is 5.41. The topological polar surface area (TPSA) is 44.5 Å². The van der Waals surface area contributed by atoms with Gasteiger partial charge in [-0.3, -0.25) is 0 Å². The van der Waals surface area contributed by atoms with Gasteiger partial charge in [-0.05, 0) is 24.6 Å². The lowest BCUT2D eigenvalue weighted by atomic mass is 10.2. The van der Waals surface area contributed by atoms with Crippen LogP contribution >= 0.6 is 0 Å². The van der Waals surface area contributed by atoms with Gasteiger partial charge in [-0.1, -0.05) is 12.1 Å². The van der Waals surface area contributed by atoms with Crippen molar-refractivity contribution in [2.24, 2.45) is 5.73 Å². The zero-order valence-corrected chi connectivity index (χ0v) is 10.2. The number of benzene rings is 1. The van der Waals surface area contributed by atoms with Crippen molar-refractivity contribution in [2.45, 2.75) is 31.9 Å². The van der Waals surface area contributed by atoms with Crippen molar-refractivity contribution in [2.75, 3.05) is 7.11 Å². The lowest BCUT2D eigenvalue weighted by Crippen LogP contribution is -2.47. The van der Waals surface area contributed by atoms with E-state index in [2.05, 4.69) is 0 Å². The molecule has 18 heavy (non-hydrogen) atoms. The number of rotatable bonds is 5. The van der Waals surface area contributed by atoms with Crippen LogP contribution in [-0.4, -0.2) is 25.4 Å². The molecule has 1 aromatic carbocycles. The summed E-state index contributed by atoms with van der Waals surface area (Å²) in [5.74, 6) is 0.129. The Kier molecular flexibility index (Phi) is 4.98. The molecule has 0 bridgehead atoms. The van der Waals surface area contributed by atoms with Crippen molar-refractivity contribution in [3.63, 3.8) is 0 Å². The lowest BCUT2D eigenvalue weighted by Gasteiger charge is -2.24. The summed E-state index contributed by atoms with van der Waals surface area (Å²) in [6, 6.07) is 5.17. The lowest BCUT2D eigenvalue weighted by molar-refractivity contribution is -0.199. The minimum Gasteiger partial charge on any atom is -0.479 e. The molecule has 0 fully saturated rings. The fraction of sp³-hybridized carbons (Fsp3) is 0.500.